The summed E-state index contributed by atoms with van der Waals surface area (Å²) in [6.45, 7) is 5.71. The van der Waals surface area contributed by atoms with Crippen molar-refractivity contribution in [1.29, 1.82) is 5.26 Å². The van der Waals surface area contributed by atoms with E-state index in [2.05, 4.69) is 11.0 Å². The monoisotopic (exact) mass is 272 g/mol. The van der Waals surface area contributed by atoms with Crippen LogP contribution in [-0.4, -0.2) is 24.2 Å². The Morgan fingerprint density at radius 3 is 2.90 bits per heavy atom. The predicted molar refractivity (Wildman–Crippen MR) is 77.9 cm³/mol. The molecule has 1 heterocycles. The lowest BCUT2D eigenvalue weighted by molar-refractivity contribution is 0.0697. The maximum Gasteiger partial charge on any atom is 0.335 e. The number of rotatable bonds is 4. The lowest BCUT2D eigenvalue weighted by atomic mass is 9.90. The van der Waals surface area contributed by atoms with E-state index < -0.39 is 5.97 Å². The summed E-state index contributed by atoms with van der Waals surface area (Å²) in [4.78, 5) is 13.3. The molecular weight excluding hydrogens is 252 g/mol. The maximum atomic E-state index is 11.0. The second kappa shape index (κ2) is 5.54. The third-order valence-electron chi connectivity index (χ3n) is 3.85. The number of carboxylic acids is 1. The molecule has 1 aliphatic rings. The number of anilines is 1. The second-order valence-electron chi connectivity index (χ2n) is 5.98. The van der Waals surface area contributed by atoms with Gasteiger partial charge in [0.25, 0.3) is 0 Å². The normalized spacial score (nSPS) is 14.6. The van der Waals surface area contributed by atoms with Crippen LogP contribution in [0.2, 0.25) is 0 Å². The standard InChI is InChI=1S/C16H20N2O2/c1-16(2,11-17)7-9-18-8-3-4-12-10-13(15(19)20)5-6-14(12)18/h5-6,10H,3-4,7-9H2,1-2H3,(H,19,20). The fourth-order valence-corrected chi connectivity index (χ4v) is 2.51. The van der Waals surface area contributed by atoms with Gasteiger partial charge in [0.1, 0.15) is 0 Å². The van der Waals surface area contributed by atoms with Gasteiger partial charge in [-0.2, -0.15) is 5.26 Å². The number of aromatic carboxylic acids is 1. The number of fused-ring (bicyclic) bond motifs is 1. The van der Waals surface area contributed by atoms with Crippen molar-refractivity contribution in [3.8, 4) is 6.07 Å². The van der Waals surface area contributed by atoms with E-state index in [0.29, 0.717) is 5.56 Å². The molecule has 0 amide bonds. The van der Waals surface area contributed by atoms with Crippen LogP contribution in [0.25, 0.3) is 0 Å². The Morgan fingerprint density at radius 2 is 2.25 bits per heavy atom. The molecule has 0 atom stereocenters. The number of aryl methyl sites for hydroxylation is 1. The van der Waals surface area contributed by atoms with Crippen molar-refractivity contribution in [2.75, 3.05) is 18.0 Å². The second-order valence-corrected chi connectivity index (χ2v) is 5.98. The molecule has 1 aromatic rings. The highest BCUT2D eigenvalue weighted by Gasteiger charge is 2.22. The Labute approximate surface area is 119 Å². The number of benzene rings is 1. The molecule has 4 nitrogen and oxygen atoms in total. The molecule has 0 spiro atoms. The van der Waals surface area contributed by atoms with Crippen LogP contribution in [0.5, 0.6) is 0 Å². The van der Waals surface area contributed by atoms with Crippen LogP contribution in [-0.2, 0) is 6.42 Å². The van der Waals surface area contributed by atoms with Gasteiger partial charge in [-0.25, -0.2) is 4.79 Å². The minimum absolute atomic E-state index is 0.321. The van der Waals surface area contributed by atoms with Crippen molar-refractivity contribution in [3.05, 3.63) is 29.3 Å². The summed E-state index contributed by atoms with van der Waals surface area (Å²) in [6.07, 6.45) is 2.77. The van der Waals surface area contributed by atoms with Gasteiger partial charge in [-0.05, 0) is 56.9 Å². The Bertz CT molecular complexity index is 558. The van der Waals surface area contributed by atoms with E-state index in [-0.39, 0.29) is 5.41 Å². The molecule has 0 bridgehead atoms. The van der Waals surface area contributed by atoms with E-state index in [9.17, 15) is 4.79 Å². The molecule has 1 aromatic carbocycles. The Hall–Kier alpha value is -2.02. The average molecular weight is 272 g/mol. The molecule has 0 unspecified atom stereocenters. The van der Waals surface area contributed by atoms with Crippen molar-refractivity contribution >= 4 is 11.7 Å². The SMILES string of the molecule is CC(C)(C#N)CCN1CCCc2cc(C(=O)O)ccc21. The lowest BCUT2D eigenvalue weighted by Gasteiger charge is -2.33. The summed E-state index contributed by atoms with van der Waals surface area (Å²) in [5.41, 5.74) is 2.25. The summed E-state index contributed by atoms with van der Waals surface area (Å²) >= 11 is 0. The van der Waals surface area contributed by atoms with Gasteiger partial charge in [-0.1, -0.05) is 0 Å². The molecule has 4 heteroatoms. The molecule has 0 radical (unpaired) electrons. The first-order valence-electron chi connectivity index (χ1n) is 6.95. The number of hydrogen-bond acceptors (Lipinski definition) is 3. The Morgan fingerprint density at radius 1 is 1.50 bits per heavy atom. The lowest BCUT2D eigenvalue weighted by Crippen LogP contribution is -2.32. The predicted octanol–water partition coefficient (Wildman–Crippen LogP) is 3.08. The first kappa shape index (κ1) is 14.4. The summed E-state index contributed by atoms with van der Waals surface area (Å²) < 4.78 is 0. The molecule has 1 aliphatic heterocycles. The Kier molecular flexibility index (Phi) is 3.99. The first-order valence-corrected chi connectivity index (χ1v) is 6.95. The van der Waals surface area contributed by atoms with E-state index in [1.54, 1.807) is 12.1 Å². The van der Waals surface area contributed by atoms with Crippen molar-refractivity contribution < 1.29 is 9.90 Å². The van der Waals surface area contributed by atoms with Gasteiger partial charge in [0.2, 0.25) is 0 Å². The third kappa shape index (κ3) is 3.11. The molecule has 106 valence electrons. The highest BCUT2D eigenvalue weighted by molar-refractivity contribution is 5.88. The Balaban J connectivity index is 2.17. The van der Waals surface area contributed by atoms with E-state index >= 15 is 0 Å². The van der Waals surface area contributed by atoms with Gasteiger partial charge < -0.3 is 10.0 Å². The number of nitrogens with zero attached hydrogens (tertiary/aromatic N) is 2. The molecule has 0 saturated heterocycles. The first-order chi connectivity index (χ1) is 9.43. The number of carbonyl (C=O) groups is 1. The van der Waals surface area contributed by atoms with Crippen LogP contribution >= 0.6 is 0 Å². The number of carboxylic acid groups (broad SMARTS) is 1. The van der Waals surface area contributed by atoms with Crippen molar-refractivity contribution in [2.45, 2.75) is 33.1 Å². The van der Waals surface area contributed by atoms with Crippen LogP contribution < -0.4 is 4.90 Å². The van der Waals surface area contributed by atoms with Gasteiger partial charge in [-0.3, -0.25) is 0 Å². The minimum atomic E-state index is -0.879. The highest BCUT2D eigenvalue weighted by Crippen LogP contribution is 2.30. The average Bonchev–Trinajstić information content (AvgIpc) is 2.44. The van der Waals surface area contributed by atoms with Crippen LogP contribution in [0.15, 0.2) is 18.2 Å². The third-order valence-corrected chi connectivity index (χ3v) is 3.85. The van der Waals surface area contributed by atoms with Crippen LogP contribution in [0.3, 0.4) is 0 Å². The molecule has 1 N–H and O–H groups in total. The molecule has 0 aliphatic carbocycles. The van der Waals surface area contributed by atoms with Crippen LogP contribution in [0.4, 0.5) is 5.69 Å². The van der Waals surface area contributed by atoms with Crippen molar-refractivity contribution in [3.63, 3.8) is 0 Å². The maximum absolute atomic E-state index is 11.0. The summed E-state index contributed by atoms with van der Waals surface area (Å²) in [7, 11) is 0. The molecule has 2 rings (SSSR count). The summed E-state index contributed by atoms with van der Waals surface area (Å²) in [5, 5.41) is 18.1. The molecule has 0 fully saturated rings. The van der Waals surface area contributed by atoms with E-state index in [1.807, 2.05) is 19.9 Å². The van der Waals surface area contributed by atoms with Gasteiger partial charge >= 0.3 is 5.97 Å². The van der Waals surface area contributed by atoms with Crippen LogP contribution in [0.1, 0.15) is 42.6 Å². The molecular formula is C16H20N2O2. The zero-order valence-electron chi connectivity index (χ0n) is 12.0. The van der Waals surface area contributed by atoms with E-state index in [0.717, 1.165) is 43.6 Å². The summed E-state index contributed by atoms with van der Waals surface area (Å²) in [6, 6.07) is 7.66. The quantitative estimate of drug-likeness (QED) is 0.914. The topological polar surface area (TPSA) is 64.3 Å². The van der Waals surface area contributed by atoms with E-state index in [1.165, 1.54) is 0 Å². The molecule has 20 heavy (non-hydrogen) atoms. The number of nitriles is 1. The van der Waals surface area contributed by atoms with Crippen LogP contribution in [0, 0.1) is 16.7 Å². The minimum Gasteiger partial charge on any atom is -0.478 e. The fraction of sp³-hybridized carbons (Fsp3) is 0.500. The number of hydrogen-bond donors (Lipinski definition) is 1. The zero-order chi connectivity index (χ0) is 14.8. The van der Waals surface area contributed by atoms with Crippen molar-refractivity contribution in [1.82, 2.24) is 0 Å². The van der Waals surface area contributed by atoms with Gasteiger partial charge in [0.05, 0.1) is 17.0 Å². The van der Waals surface area contributed by atoms with Crippen molar-refractivity contribution in [2.24, 2.45) is 5.41 Å². The fourth-order valence-electron chi connectivity index (χ4n) is 2.51. The molecule has 0 aromatic heterocycles. The van der Waals surface area contributed by atoms with Gasteiger partial charge in [-0.15, -0.1) is 0 Å². The molecule has 0 saturated carbocycles. The van der Waals surface area contributed by atoms with E-state index in [4.69, 9.17) is 10.4 Å². The smallest absolute Gasteiger partial charge is 0.335 e. The van der Waals surface area contributed by atoms with Gasteiger partial charge in [0.15, 0.2) is 0 Å². The summed E-state index contributed by atoms with van der Waals surface area (Å²) in [5.74, 6) is -0.879. The largest absolute Gasteiger partial charge is 0.478 e. The van der Waals surface area contributed by atoms with Gasteiger partial charge in [0, 0.05) is 18.8 Å². The zero-order valence-corrected chi connectivity index (χ0v) is 12.0. The highest BCUT2D eigenvalue weighted by atomic mass is 16.4.